The van der Waals surface area contributed by atoms with Crippen LogP contribution in [-0.4, -0.2) is 36.5 Å². The van der Waals surface area contributed by atoms with Gasteiger partial charge in [-0.3, -0.25) is 4.79 Å². The highest BCUT2D eigenvalue weighted by atomic mass is 16.2. The first-order chi connectivity index (χ1) is 9.26. The first-order valence-corrected chi connectivity index (χ1v) is 7.35. The van der Waals surface area contributed by atoms with Gasteiger partial charge in [-0.05, 0) is 36.9 Å². The van der Waals surface area contributed by atoms with Gasteiger partial charge in [0, 0.05) is 25.0 Å². The number of carbonyl (C=O) groups is 1. The van der Waals surface area contributed by atoms with Crippen LogP contribution in [0.25, 0.3) is 0 Å². The average Bonchev–Trinajstić information content (AvgIpc) is 3.04. The minimum Gasteiger partial charge on any atom is -0.352 e. The molecule has 1 fully saturated rings. The van der Waals surface area contributed by atoms with E-state index in [1.807, 2.05) is 0 Å². The summed E-state index contributed by atoms with van der Waals surface area (Å²) in [5.41, 5.74) is 2.70. The van der Waals surface area contributed by atoms with Crippen LogP contribution in [0, 0.1) is 5.92 Å². The van der Waals surface area contributed by atoms with Gasteiger partial charge in [0.05, 0.1) is 0 Å². The van der Waals surface area contributed by atoms with E-state index in [1.165, 1.54) is 11.1 Å². The molecule has 3 nitrogen and oxygen atoms in total. The van der Waals surface area contributed by atoms with Crippen molar-refractivity contribution in [2.75, 3.05) is 19.6 Å². The summed E-state index contributed by atoms with van der Waals surface area (Å²) in [5.74, 6) is 0.396. The summed E-state index contributed by atoms with van der Waals surface area (Å²) in [6.45, 7) is 5.40. The predicted octanol–water partition coefficient (Wildman–Crippen LogP) is 1.61. The Morgan fingerprint density at radius 3 is 2.58 bits per heavy atom. The number of nitrogens with zero attached hydrogens (tertiary/aromatic N) is 1. The Bertz CT molecular complexity index is 447. The van der Waals surface area contributed by atoms with Crippen molar-refractivity contribution in [3.8, 4) is 0 Å². The monoisotopic (exact) mass is 258 g/mol. The van der Waals surface area contributed by atoms with Crippen LogP contribution in [0.15, 0.2) is 24.3 Å². The lowest BCUT2D eigenvalue weighted by molar-refractivity contribution is -0.125. The van der Waals surface area contributed by atoms with Crippen molar-refractivity contribution < 1.29 is 4.79 Å². The van der Waals surface area contributed by atoms with E-state index < -0.39 is 0 Å². The molecule has 3 heteroatoms. The second-order valence-electron chi connectivity index (χ2n) is 5.76. The molecule has 1 aliphatic carbocycles. The Morgan fingerprint density at radius 2 is 2.00 bits per heavy atom. The van der Waals surface area contributed by atoms with Gasteiger partial charge >= 0.3 is 0 Å². The lowest BCUT2D eigenvalue weighted by atomic mass is 10.0. The minimum absolute atomic E-state index is 0.146. The summed E-state index contributed by atoms with van der Waals surface area (Å²) < 4.78 is 0. The van der Waals surface area contributed by atoms with Gasteiger partial charge in [0.15, 0.2) is 0 Å². The molecule has 0 saturated carbocycles. The number of amides is 1. The number of rotatable bonds is 3. The van der Waals surface area contributed by atoms with Gasteiger partial charge in [-0.25, -0.2) is 0 Å². The fraction of sp³-hybridized carbons (Fsp3) is 0.562. The number of fused-ring (bicyclic) bond motifs is 1. The molecule has 0 aromatic heterocycles. The Hall–Kier alpha value is -1.35. The molecule has 1 aliphatic heterocycles. The van der Waals surface area contributed by atoms with Crippen LogP contribution in [0.1, 0.15) is 24.5 Å². The normalized spacial score (nSPS) is 23.5. The maximum Gasteiger partial charge on any atom is 0.224 e. The van der Waals surface area contributed by atoms with Crippen molar-refractivity contribution in [1.82, 2.24) is 10.2 Å². The second-order valence-corrected chi connectivity index (χ2v) is 5.76. The zero-order chi connectivity index (χ0) is 13.2. The van der Waals surface area contributed by atoms with Gasteiger partial charge in [-0.2, -0.15) is 0 Å². The van der Waals surface area contributed by atoms with E-state index in [0.29, 0.717) is 6.04 Å². The van der Waals surface area contributed by atoms with E-state index in [0.717, 1.165) is 38.9 Å². The van der Waals surface area contributed by atoms with Crippen LogP contribution in [0.3, 0.4) is 0 Å². The Kier molecular flexibility index (Phi) is 3.56. The summed E-state index contributed by atoms with van der Waals surface area (Å²) in [6.07, 6.45) is 2.91. The Balaban J connectivity index is 1.56. The molecule has 1 amide bonds. The molecule has 1 unspecified atom stereocenters. The largest absolute Gasteiger partial charge is 0.352 e. The first kappa shape index (κ1) is 12.7. The predicted molar refractivity (Wildman–Crippen MR) is 76.0 cm³/mol. The van der Waals surface area contributed by atoms with Gasteiger partial charge in [-0.1, -0.05) is 31.2 Å². The zero-order valence-electron chi connectivity index (χ0n) is 11.6. The molecule has 1 saturated heterocycles. The quantitative estimate of drug-likeness (QED) is 0.893. The van der Waals surface area contributed by atoms with Crippen molar-refractivity contribution in [1.29, 1.82) is 0 Å². The Morgan fingerprint density at radius 1 is 1.32 bits per heavy atom. The van der Waals surface area contributed by atoms with E-state index in [1.54, 1.807) is 0 Å². The standard InChI is InChI=1S/C16H22N2O/c1-2-18-8-7-15(11-18)17-16(19)14-9-12-5-3-4-6-13(12)10-14/h3-6,14-15H,2,7-11H2,1H3,(H,17,19). The molecule has 102 valence electrons. The van der Waals surface area contributed by atoms with Crippen LogP contribution in [0.4, 0.5) is 0 Å². The molecule has 1 atom stereocenters. The van der Waals surface area contributed by atoms with Crippen LogP contribution < -0.4 is 5.32 Å². The lowest BCUT2D eigenvalue weighted by Gasteiger charge is -2.17. The molecule has 0 radical (unpaired) electrons. The van der Waals surface area contributed by atoms with E-state index >= 15 is 0 Å². The number of likely N-dealkylation sites (tertiary alicyclic amines) is 1. The maximum atomic E-state index is 12.3. The van der Waals surface area contributed by atoms with Crippen LogP contribution >= 0.6 is 0 Å². The fourth-order valence-electron chi connectivity index (χ4n) is 3.30. The summed E-state index contributed by atoms with van der Waals surface area (Å²) in [5, 5.41) is 3.24. The number of nitrogens with one attached hydrogen (secondary N) is 1. The number of hydrogen-bond acceptors (Lipinski definition) is 2. The minimum atomic E-state index is 0.146. The average molecular weight is 258 g/mol. The maximum absolute atomic E-state index is 12.3. The number of hydrogen-bond donors (Lipinski definition) is 1. The summed E-state index contributed by atoms with van der Waals surface area (Å²) >= 11 is 0. The van der Waals surface area contributed by atoms with Gasteiger partial charge in [0.2, 0.25) is 5.91 Å². The molecule has 1 N–H and O–H groups in total. The molecule has 0 bridgehead atoms. The molecule has 1 heterocycles. The van der Waals surface area contributed by atoms with Gasteiger partial charge in [0.1, 0.15) is 0 Å². The van der Waals surface area contributed by atoms with Gasteiger partial charge < -0.3 is 10.2 Å². The zero-order valence-corrected chi connectivity index (χ0v) is 11.6. The highest BCUT2D eigenvalue weighted by molar-refractivity contribution is 5.80. The SMILES string of the molecule is CCN1CCC(NC(=O)C2Cc3ccccc3C2)C1. The molecular formula is C16H22N2O. The fourth-order valence-corrected chi connectivity index (χ4v) is 3.30. The number of benzene rings is 1. The van der Waals surface area contributed by atoms with Gasteiger partial charge in [-0.15, -0.1) is 0 Å². The second kappa shape index (κ2) is 5.33. The van der Waals surface area contributed by atoms with Crippen LogP contribution in [0.5, 0.6) is 0 Å². The highest BCUT2D eigenvalue weighted by Crippen LogP contribution is 2.26. The van der Waals surface area contributed by atoms with Crippen LogP contribution in [-0.2, 0) is 17.6 Å². The lowest BCUT2D eigenvalue weighted by Crippen LogP contribution is -2.40. The third-order valence-electron chi connectivity index (χ3n) is 4.49. The molecule has 1 aromatic rings. The summed E-state index contributed by atoms with van der Waals surface area (Å²) in [4.78, 5) is 14.7. The Labute approximate surface area is 115 Å². The van der Waals surface area contributed by atoms with Crippen molar-refractivity contribution in [2.24, 2.45) is 5.92 Å². The van der Waals surface area contributed by atoms with Crippen molar-refractivity contribution in [3.63, 3.8) is 0 Å². The molecule has 2 aliphatic rings. The summed E-state index contributed by atoms with van der Waals surface area (Å²) in [7, 11) is 0. The van der Waals surface area contributed by atoms with E-state index in [-0.39, 0.29) is 11.8 Å². The molecular weight excluding hydrogens is 236 g/mol. The molecule has 1 aromatic carbocycles. The van der Waals surface area contributed by atoms with Crippen molar-refractivity contribution in [3.05, 3.63) is 35.4 Å². The van der Waals surface area contributed by atoms with E-state index in [9.17, 15) is 4.79 Å². The third kappa shape index (κ3) is 2.66. The van der Waals surface area contributed by atoms with Crippen molar-refractivity contribution in [2.45, 2.75) is 32.2 Å². The van der Waals surface area contributed by atoms with Gasteiger partial charge in [0.25, 0.3) is 0 Å². The number of carbonyl (C=O) groups excluding carboxylic acids is 1. The topological polar surface area (TPSA) is 32.3 Å². The van der Waals surface area contributed by atoms with Crippen molar-refractivity contribution >= 4 is 5.91 Å². The summed E-state index contributed by atoms with van der Waals surface area (Å²) in [6, 6.07) is 8.79. The smallest absolute Gasteiger partial charge is 0.224 e. The van der Waals surface area contributed by atoms with Crippen LogP contribution in [0.2, 0.25) is 0 Å². The van der Waals surface area contributed by atoms with E-state index in [4.69, 9.17) is 0 Å². The first-order valence-electron chi connectivity index (χ1n) is 7.35. The molecule has 3 rings (SSSR count). The molecule has 0 spiro atoms. The van der Waals surface area contributed by atoms with E-state index in [2.05, 4.69) is 41.4 Å². The highest BCUT2D eigenvalue weighted by Gasteiger charge is 2.30. The third-order valence-corrected chi connectivity index (χ3v) is 4.49. The molecule has 19 heavy (non-hydrogen) atoms. The number of likely N-dealkylation sites (N-methyl/N-ethyl adjacent to an activating group) is 1.